The van der Waals surface area contributed by atoms with E-state index >= 15 is 0 Å². The topological polar surface area (TPSA) is 63.8 Å². The van der Waals surface area contributed by atoms with Crippen molar-refractivity contribution in [3.8, 4) is 0 Å². The van der Waals surface area contributed by atoms with Crippen LogP contribution >= 0.6 is 0 Å². The summed E-state index contributed by atoms with van der Waals surface area (Å²) in [5.74, 6) is 7.50. The lowest BCUT2D eigenvalue weighted by Gasteiger charge is -2.26. The van der Waals surface area contributed by atoms with Gasteiger partial charge in [0, 0.05) is 0 Å². The van der Waals surface area contributed by atoms with Gasteiger partial charge in [0.25, 0.3) is 0 Å². The fourth-order valence-corrected chi connectivity index (χ4v) is 2.19. The third kappa shape index (κ3) is 2.09. The van der Waals surface area contributed by atoms with Crippen LogP contribution in [0, 0.1) is 11.8 Å². The van der Waals surface area contributed by atoms with Crippen LogP contribution in [-0.2, 0) is 12.8 Å². The summed E-state index contributed by atoms with van der Waals surface area (Å²) in [7, 11) is 0. The summed E-state index contributed by atoms with van der Waals surface area (Å²) in [4.78, 5) is 0. The highest BCUT2D eigenvalue weighted by Crippen LogP contribution is 2.29. The number of rotatable bonds is 2. The van der Waals surface area contributed by atoms with Crippen LogP contribution in [-0.4, -0.2) is 10.2 Å². The summed E-state index contributed by atoms with van der Waals surface area (Å²) in [5, 5.41) is 8.19. The second-order valence-corrected chi connectivity index (χ2v) is 4.59. The van der Waals surface area contributed by atoms with E-state index in [0.29, 0.717) is 5.82 Å². The number of nitrogens with zero attached hydrogens (tertiary/aromatic N) is 2. The number of aryl methyl sites for hydroxylation is 1. The molecule has 0 fully saturated rings. The van der Waals surface area contributed by atoms with Gasteiger partial charge in [-0.25, -0.2) is 5.84 Å². The highest BCUT2D eigenvalue weighted by Gasteiger charge is 2.22. The van der Waals surface area contributed by atoms with Crippen LogP contribution in [0.2, 0.25) is 0 Å². The Balaban J connectivity index is 2.23. The fraction of sp³-hybridized carbons (Fsp3) is 0.636. The first-order valence-electron chi connectivity index (χ1n) is 5.52. The van der Waals surface area contributed by atoms with Crippen molar-refractivity contribution in [1.29, 1.82) is 0 Å². The molecule has 0 aromatic carbocycles. The van der Waals surface area contributed by atoms with Crippen molar-refractivity contribution < 1.29 is 0 Å². The number of nitrogen functional groups attached to an aromatic ring is 1. The molecule has 1 heterocycles. The lowest BCUT2D eigenvalue weighted by Crippen LogP contribution is -2.21. The van der Waals surface area contributed by atoms with E-state index in [-0.39, 0.29) is 0 Å². The number of hydrogen-bond donors (Lipinski definition) is 2. The predicted octanol–water partition coefficient (Wildman–Crippen LogP) is 1.52. The van der Waals surface area contributed by atoms with Gasteiger partial charge in [-0.3, -0.25) is 0 Å². The Morgan fingerprint density at radius 2 is 2.27 bits per heavy atom. The Morgan fingerprint density at radius 1 is 1.47 bits per heavy atom. The molecule has 1 aliphatic rings. The van der Waals surface area contributed by atoms with Crippen LogP contribution in [0.5, 0.6) is 0 Å². The van der Waals surface area contributed by atoms with Gasteiger partial charge in [-0.15, -0.1) is 5.10 Å². The Bertz CT molecular complexity index is 348. The maximum atomic E-state index is 5.32. The van der Waals surface area contributed by atoms with E-state index in [4.69, 9.17) is 5.84 Å². The average molecular weight is 206 g/mol. The number of nitrogens with one attached hydrogen (secondary N) is 1. The molecular formula is C11H18N4. The van der Waals surface area contributed by atoms with Gasteiger partial charge in [-0.05, 0) is 42.7 Å². The molecule has 0 aliphatic heterocycles. The predicted molar refractivity (Wildman–Crippen MR) is 60.2 cm³/mol. The largest absolute Gasteiger partial charge is 0.307 e. The lowest BCUT2D eigenvalue weighted by molar-refractivity contribution is 0.339. The van der Waals surface area contributed by atoms with Gasteiger partial charge in [0.15, 0.2) is 5.82 Å². The monoisotopic (exact) mass is 206 g/mol. The van der Waals surface area contributed by atoms with E-state index in [0.717, 1.165) is 30.4 Å². The van der Waals surface area contributed by atoms with Crippen molar-refractivity contribution in [3.05, 3.63) is 17.3 Å². The van der Waals surface area contributed by atoms with Crippen molar-refractivity contribution in [2.24, 2.45) is 17.7 Å². The quantitative estimate of drug-likeness (QED) is 0.569. The number of hydrazine groups is 1. The van der Waals surface area contributed by atoms with Crippen molar-refractivity contribution >= 4 is 5.82 Å². The van der Waals surface area contributed by atoms with E-state index in [1.807, 2.05) is 6.07 Å². The van der Waals surface area contributed by atoms with Gasteiger partial charge in [0.05, 0.1) is 5.69 Å². The Morgan fingerprint density at radius 3 is 2.93 bits per heavy atom. The molecule has 4 nitrogen and oxygen atoms in total. The second kappa shape index (κ2) is 4.14. The molecule has 2 rings (SSSR count). The lowest BCUT2D eigenvalue weighted by atomic mass is 9.80. The Kier molecular flexibility index (Phi) is 2.86. The summed E-state index contributed by atoms with van der Waals surface area (Å²) < 4.78 is 0. The summed E-state index contributed by atoms with van der Waals surface area (Å²) in [5.41, 5.74) is 5.00. The first-order valence-corrected chi connectivity index (χ1v) is 5.52. The zero-order valence-electron chi connectivity index (χ0n) is 9.33. The average Bonchev–Trinajstić information content (AvgIpc) is 2.27. The van der Waals surface area contributed by atoms with Crippen molar-refractivity contribution in [2.75, 3.05) is 5.43 Å². The number of fused-ring (bicyclic) bond motifs is 1. The van der Waals surface area contributed by atoms with Crippen molar-refractivity contribution in [1.82, 2.24) is 10.2 Å². The first kappa shape index (κ1) is 10.4. The number of hydrogen-bond acceptors (Lipinski definition) is 4. The SMILES string of the molecule is CC(C)C1CCc2nnc(NN)cc2C1. The maximum absolute atomic E-state index is 5.32. The van der Waals surface area contributed by atoms with Gasteiger partial charge in [0.1, 0.15) is 0 Å². The summed E-state index contributed by atoms with van der Waals surface area (Å²) >= 11 is 0. The zero-order valence-corrected chi connectivity index (χ0v) is 9.33. The molecule has 0 spiro atoms. The summed E-state index contributed by atoms with van der Waals surface area (Å²) in [6.07, 6.45) is 3.39. The molecule has 1 aromatic heterocycles. The van der Waals surface area contributed by atoms with Gasteiger partial charge in [-0.1, -0.05) is 13.8 Å². The fourth-order valence-electron chi connectivity index (χ4n) is 2.19. The van der Waals surface area contributed by atoms with Crippen LogP contribution < -0.4 is 11.3 Å². The summed E-state index contributed by atoms with van der Waals surface area (Å²) in [6, 6.07) is 2.02. The van der Waals surface area contributed by atoms with E-state index < -0.39 is 0 Å². The molecule has 1 unspecified atom stereocenters. The number of anilines is 1. The standard InChI is InChI=1S/C11H18N4/c1-7(2)8-3-4-10-9(5-8)6-11(13-12)15-14-10/h6-8H,3-5,12H2,1-2H3,(H,13,15). The highest BCUT2D eigenvalue weighted by atomic mass is 15.3. The van der Waals surface area contributed by atoms with Crippen LogP contribution in [0.15, 0.2) is 6.07 Å². The molecule has 1 aliphatic carbocycles. The minimum atomic E-state index is 0.665. The molecule has 0 radical (unpaired) electrons. The third-order valence-corrected chi connectivity index (χ3v) is 3.28. The van der Waals surface area contributed by atoms with E-state index in [1.54, 1.807) is 0 Å². The van der Waals surface area contributed by atoms with Crippen LogP contribution in [0.4, 0.5) is 5.82 Å². The minimum Gasteiger partial charge on any atom is -0.307 e. The van der Waals surface area contributed by atoms with Gasteiger partial charge in [-0.2, -0.15) is 5.10 Å². The van der Waals surface area contributed by atoms with E-state index in [1.165, 1.54) is 12.0 Å². The zero-order chi connectivity index (χ0) is 10.8. The normalized spacial score (nSPS) is 20.1. The Hall–Kier alpha value is -1.16. The van der Waals surface area contributed by atoms with Crippen LogP contribution in [0.25, 0.3) is 0 Å². The van der Waals surface area contributed by atoms with Gasteiger partial charge >= 0.3 is 0 Å². The molecule has 0 saturated carbocycles. The molecule has 3 N–H and O–H groups in total. The molecule has 82 valence electrons. The number of aromatic nitrogens is 2. The van der Waals surface area contributed by atoms with Crippen LogP contribution in [0.1, 0.15) is 31.5 Å². The molecule has 1 aromatic rings. The van der Waals surface area contributed by atoms with Crippen LogP contribution in [0.3, 0.4) is 0 Å². The summed E-state index contributed by atoms with van der Waals surface area (Å²) in [6.45, 7) is 4.57. The van der Waals surface area contributed by atoms with Crippen molar-refractivity contribution in [3.63, 3.8) is 0 Å². The maximum Gasteiger partial charge on any atom is 0.162 e. The molecule has 15 heavy (non-hydrogen) atoms. The molecule has 0 saturated heterocycles. The second-order valence-electron chi connectivity index (χ2n) is 4.59. The van der Waals surface area contributed by atoms with Gasteiger partial charge < -0.3 is 5.43 Å². The molecule has 4 heteroatoms. The van der Waals surface area contributed by atoms with E-state index in [9.17, 15) is 0 Å². The molecule has 1 atom stereocenters. The smallest absolute Gasteiger partial charge is 0.162 e. The van der Waals surface area contributed by atoms with Crippen molar-refractivity contribution in [2.45, 2.75) is 33.1 Å². The Labute approximate surface area is 90.2 Å². The number of nitrogens with two attached hydrogens (primary N) is 1. The first-order chi connectivity index (χ1) is 7.20. The van der Waals surface area contributed by atoms with Gasteiger partial charge in [0.2, 0.25) is 0 Å². The minimum absolute atomic E-state index is 0.665. The van der Waals surface area contributed by atoms with E-state index in [2.05, 4.69) is 29.5 Å². The molecular weight excluding hydrogens is 188 g/mol. The molecule has 0 amide bonds. The highest BCUT2D eigenvalue weighted by molar-refractivity contribution is 5.38. The molecule has 0 bridgehead atoms. The third-order valence-electron chi connectivity index (χ3n) is 3.28.